The highest BCUT2D eigenvalue weighted by atomic mass is 32.2. The van der Waals surface area contributed by atoms with Crippen LogP contribution in [-0.4, -0.2) is 23.2 Å². The number of hydrogen-bond acceptors (Lipinski definition) is 3. The lowest BCUT2D eigenvalue weighted by Crippen LogP contribution is -2.08. The molecule has 0 unspecified atom stereocenters. The Bertz CT molecular complexity index is 429. The van der Waals surface area contributed by atoms with E-state index in [-0.39, 0.29) is 0 Å². The first kappa shape index (κ1) is 12.3. The van der Waals surface area contributed by atoms with Crippen LogP contribution in [0.3, 0.4) is 0 Å². The minimum Gasteiger partial charge on any atom is -0.478 e. The molecule has 0 aliphatic rings. The van der Waals surface area contributed by atoms with Crippen LogP contribution in [0.5, 0.6) is 0 Å². The van der Waals surface area contributed by atoms with Gasteiger partial charge in [0.05, 0.1) is 0 Å². The first-order chi connectivity index (χ1) is 7.61. The molecule has 0 fully saturated rings. The zero-order valence-electron chi connectivity index (χ0n) is 8.64. The van der Waals surface area contributed by atoms with Gasteiger partial charge in [-0.1, -0.05) is 6.07 Å². The van der Waals surface area contributed by atoms with E-state index in [0.717, 1.165) is 17.0 Å². The molecular formula is C11H11NO3S. The second-order valence-electron chi connectivity index (χ2n) is 2.89. The van der Waals surface area contributed by atoms with Crippen molar-refractivity contribution >= 4 is 29.3 Å². The fourth-order valence-corrected chi connectivity index (χ4v) is 1.49. The second-order valence-corrected chi connectivity index (χ2v) is 3.77. The van der Waals surface area contributed by atoms with Gasteiger partial charge < -0.3 is 10.4 Å². The Labute approximate surface area is 97.4 Å². The summed E-state index contributed by atoms with van der Waals surface area (Å²) in [7, 11) is 0. The third kappa shape index (κ3) is 4.18. The van der Waals surface area contributed by atoms with E-state index in [2.05, 4.69) is 5.32 Å². The van der Waals surface area contributed by atoms with Crippen molar-refractivity contribution < 1.29 is 14.7 Å². The molecule has 0 bridgehead atoms. The summed E-state index contributed by atoms with van der Waals surface area (Å²) < 4.78 is 0. The largest absolute Gasteiger partial charge is 0.478 e. The number of nitrogens with one attached hydrogen (secondary N) is 1. The molecule has 0 saturated heterocycles. The van der Waals surface area contributed by atoms with Gasteiger partial charge in [0, 0.05) is 22.7 Å². The van der Waals surface area contributed by atoms with Crippen molar-refractivity contribution in [3.05, 3.63) is 36.4 Å². The Morgan fingerprint density at radius 1 is 1.38 bits per heavy atom. The Hall–Kier alpha value is -1.75. The molecule has 1 aromatic carbocycles. The standard InChI is InChI=1S/C11H11NO3S/c1-16-9-4-2-3-8(7-9)12-10(13)5-6-11(14)15/h2-7H,1H3,(H,12,13)(H,14,15)/b6-5+. The molecular weight excluding hydrogens is 226 g/mol. The maximum absolute atomic E-state index is 11.2. The number of aliphatic carboxylic acids is 1. The highest BCUT2D eigenvalue weighted by Gasteiger charge is 1.99. The SMILES string of the molecule is CSc1cccc(NC(=O)/C=C/C(=O)O)c1. The summed E-state index contributed by atoms with van der Waals surface area (Å²) in [5.41, 5.74) is 0.645. The average molecular weight is 237 g/mol. The molecule has 2 N–H and O–H groups in total. The van der Waals surface area contributed by atoms with Crippen molar-refractivity contribution in [3.63, 3.8) is 0 Å². The molecule has 1 aromatic rings. The van der Waals surface area contributed by atoms with Gasteiger partial charge >= 0.3 is 5.97 Å². The number of anilines is 1. The Balaban J connectivity index is 2.65. The lowest BCUT2D eigenvalue weighted by molar-refractivity contribution is -0.131. The van der Waals surface area contributed by atoms with Crippen LogP contribution < -0.4 is 5.32 Å². The molecule has 16 heavy (non-hydrogen) atoms. The van der Waals surface area contributed by atoms with E-state index in [1.54, 1.807) is 17.8 Å². The van der Waals surface area contributed by atoms with Crippen molar-refractivity contribution in [2.45, 2.75) is 4.90 Å². The van der Waals surface area contributed by atoms with Crippen molar-refractivity contribution in [2.75, 3.05) is 11.6 Å². The van der Waals surface area contributed by atoms with Crippen LogP contribution in [0, 0.1) is 0 Å². The van der Waals surface area contributed by atoms with Crippen molar-refractivity contribution in [1.29, 1.82) is 0 Å². The molecule has 1 amide bonds. The van der Waals surface area contributed by atoms with Gasteiger partial charge in [-0.05, 0) is 24.5 Å². The monoisotopic (exact) mass is 237 g/mol. The van der Waals surface area contributed by atoms with Gasteiger partial charge in [-0.3, -0.25) is 4.79 Å². The molecule has 0 aliphatic carbocycles. The normalized spacial score (nSPS) is 10.3. The highest BCUT2D eigenvalue weighted by molar-refractivity contribution is 7.98. The number of carbonyl (C=O) groups excluding carboxylic acids is 1. The van der Waals surface area contributed by atoms with Gasteiger partial charge in [0.25, 0.3) is 0 Å². The van der Waals surface area contributed by atoms with Gasteiger partial charge in [-0.25, -0.2) is 4.79 Å². The Kier molecular flexibility index (Phi) is 4.60. The van der Waals surface area contributed by atoms with E-state index in [9.17, 15) is 9.59 Å². The number of rotatable bonds is 4. The van der Waals surface area contributed by atoms with Gasteiger partial charge in [-0.2, -0.15) is 0 Å². The number of hydrogen-bond donors (Lipinski definition) is 2. The van der Waals surface area contributed by atoms with Crippen molar-refractivity contribution in [1.82, 2.24) is 0 Å². The summed E-state index contributed by atoms with van der Waals surface area (Å²) in [6.45, 7) is 0. The van der Waals surface area contributed by atoms with E-state index in [1.165, 1.54) is 0 Å². The predicted molar refractivity (Wildman–Crippen MR) is 63.6 cm³/mol. The van der Waals surface area contributed by atoms with E-state index >= 15 is 0 Å². The van der Waals surface area contributed by atoms with Gasteiger partial charge in [0.1, 0.15) is 0 Å². The number of carbonyl (C=O) groups is 2. The number of carboxylic acids is 1. The first-order valence-corrected chi connectivity index (χ1v) is 5.70. The van der Waals surface area contributed by atoms with E-state index < -0.39 is 11.9 Å². The summed E-state index contributed by atoms with van der Waals surface area (Å²) in [6.07, 6.45) is 3.72. The maximum atomic E-state index is 11.2. The molecule has 4 nitrogen and oxygen atoms in total. The third-order valence-corrected chi connectivity index (χ3v) is 2.44. The highest BCUT2D eigenvalue weighted by Crippen LogP contribution is 2.18. The third-order valence-electron chi connectivity index (χ3n) is 1.71. The summed E-state index contributed by atoms with van der Waals surface area (Å²) in [4.78, 5) is 22.5. The van der Waals surface area contributed by atoms with E-state index in [4.69, 9.17) is 5.11 Å². The van der Waals surface area contributed by atoms with Gasteiger partial charge in [0.15, 0.2) is 0 Å². The predicted octanol–water partition coefficient (Wildman–Crippen LogP) is 1.99. The molecule has 1 rings (SSSR count). The minimum atomic E-state index is -1.15. The van der Waals surface area contributed by atoms with Crippen LogP contribution >= 0.6 is 11.8 Å². The lowest BCUT2D eigenvalue weighted by Gasteiger charge is -2.03. The summed E-state index contributed by atoms with van der Waals surface area (Å²) >= 11 is 1.56. The molecule has 0 heterocycles. The molecule has 0 spiro atoms. The number of thioether (sulfide) groups is 1. The molecule has 0 aliphatic heterocycles. The van der Waals surface area contributed by atoms with Crippen molar-refractivity contribution in [3.8, 4) is 0 Å². The number of benzene rings is 1. The molecule has 84 valence electrons. The Morgan fingerprint density at radius 3 is 2.75 bits per heavy atom. The minimum absolute atomic E-state index is 0.458. The fraction of sp³-hybridized carbons (Fsp3) is 0.0909. The number of carboxylic acid groups (broad SMARTS) is 1. The zero-order chi connectivity index (χ0) is 12.0. The molecule has 0 aromatic heterocycles. The fourth-order valence-electron chi connectivity index (χ4n) is 1.03. The Morgan fingerprint density at radius 2 is 2.12 bits per heavy atom. The van der Waals surface area contributed by atoms with Crippen LogP contribution in [-0.2, 0) is 9.59 Å². The van der Waals surface area contributed by atoms with Crippen LogP contribution in [0.4, 0.5) is 5.69 Å². The van der Waals surface area contributed by atoms with Crippen molar-refractivity contribution in [2.24, 2.45) is 0 Å². The van der Waals surface area contributed by atoms with E-state index in [1.807, 2.05) is 24.5 Å². The van der Waals surface area contributed by atoms with Crippen LogP contribution in [0.2, 0.25) is 0 Å². The van der Waals surface area contributed by atoms with Crippen LogP contribution in [0.15, 0.2) is 41.3 Å². The van der Waals surface area contributed by atoms with Gasteiger partial charge in [-0.15, -0.1) is 11.8 Å². The molecule has 5 heteroatoms. The van der Waals surface area contributed by atoms with Crippen LogP contribution in [0.1, 0.15) is 0 Å². The van der Waals surface area contributed by atoms with Gasteiger partial charge in [0.2, 0.25) is 5.91 Å². The first-order valence-electron chi connectivity index (χ1n) is 4.48. The smallest absolute Gasteiger partial charge is 0.328 e. The molecule has 0 atom stereocenters. The quantitative estimate of drug-likeness (QED) is 0.620. The molecule has 0 radical (unpaired) electrons. The number of amides is 1. The summed E-state index contributed by atoms with van der Waals surface area (Å²) in [6, 6.07) is 7.30. The van der Waals surface area contributed by atoms with E-state index in [0.29, 0.717) is 5.69 Å². The zero-order valence-corrected chi connectivity index (χ0v) is 9.45. The second kappa shape index (κ2) is 5.97. The average Bonchev–Trinajstić information content (AvgIpc) is 2.26. The summed E-state index contributed by atoms with van der Waals surface area (Å²) in [5, 5.41) is 10.9. The maximum Gasteiger partial charge on any atom is 0.328 e. The molecule has 0 saturated carbocycles. The van der Waals surface area contributed by atoms with Crippen LogP contribution in [0.25, 0.3) is 0 Å². The summed E-state index contributed by atoms with van der Waals surface area (Å²) in [5.74, 6) is -1.60. The lowest BCUT2D eigenvalue weighted by atomic mass is 10.3. The topological polar surface area (TPSA) is 66.4 Å².